The van der Waals surface area contributed by atoms with Gasteiger partial charge in [0.05, 0.1) is 12.6 Å². The van der Waals surface area contributed by atoms with Crippen LogP contribution < -0.4 is 15.4 Å². The number of ether oxygens (including phenoxy) is 1. The van der Waals surface area contributed by atoms with Crippen LogP contribution in [0.1, 0.15) is 18.9 Å². The lowest BCUT2D eigenvalue weighted by Crippen LogP contribution is -2.60. The van der Waals surface area contributed by atoms with E-state index in [0.717, 1.165) is 44.9 Å². The molecule has 0 radical (unpaired) electrons. The summed E-state index contributed by atoms with van der Waals surface area (Å²) in [6.45, 7) is 6.26. The van der Waals surface area contributed by atoms with Crippen LogP contribution in [-0.4, -0.2) is 49.6 Å². The van der Waals surface area contributed by atoms with Crippen molar-refractivity contribution >= 4 is 5.91 Å². The molecule has 2 atom stereocenters. The van der Waals surface area contributed by atoms with Gasteiger partial charge in [-0.3, -0.25) is 9.69 Å². The SMILES string of the molecule is COc1ccc(-c2ccccc2)cc1CN1CC[C@@]2(NC(C)=O)CNC[C@H]2C1. The number of nitrogens with one attached hydrogen (secondary N) is 2. The van der Waals surface area contributed by atoms with E-state index in [-0.39, 0.29) is 11.4 Å². The minimum absolute atomic E-state index is 0.0689. The molecule has 28 heavy (non-hydrogen) atoms. The Kier molecular flexibility index (Phi) is 5.38. The first-order chi connectivity index (χ1) is 13.6. The largest absolute Gasteiger partial charge is 0.496 e. The standard InChI is InChI=1S/C23H29N3O2/c1-17(27)25-23-10-11-26(15-21(23)13-24-16-23)14-20-12-19(8-9-22(20)28-2)18-6-4-3-5-7-18/h3-9,12,21,24H,10-11,13-16H2,1-2H3,(H,25,27)/t21-,23+/m0/s1. The monoisotopic (exact) mass is 379 g/mol. The van der Waals surface area contributed by atoms with E-state index in [1.165, 1.54) is 16.7 Å². The molecule has 2 saturated heterocycles. The van der Waals surface area contributed by atoms with Crippen LogP contribution in [0.2, 0.25) is 0 Å². The van der Waals surface area contributed by atoms with Gasteiger partial charge in [-0.2, -0.15) is 0 Å². The molecule has 0 aliphatic carbocycles. The van der Waals surface area contributed by atoms with Crippen LogP contribution in [0.4, 0.5) is 0 Å². The highest BCUT2D eigenvalue weighted by Gasteiger charge is 2.46. The molecule has 2 aliphatic heterocycles. The maximum absolute atomic E-state index is 11.7. The third-order valence-electron chi connectivity index (χ3n) is 6.17. The van der Waals surface area contributed by atoms with Gasteiger partial charge in [0.25, 0.3) is 0 Å². The van der Waals surface area contributed by atoms with Gasteiger partial charge in [0, 0.05) is 51.1 Å². The molecular formula is C23H29N3O2. The number of hydrogen-bond acceptors (Lipinski definition) is 4. The molecule has 2 aromatic rings. The summed E-state index contributed by atoms with van der Waals surface area (Å²) >= 11 is 0. The summed E-state index contributed by atoms with van der Waals surface area (Å²) in [5, 5.41) is 6.72. The van der Waals surface area contributed by atoms with Crippen molar-refractivity contribution in [3.05, 3.63) is 54.1 Å². The first kappa shape index (κ1) is 19.0. The number of hydrogen-bond donors (Lipinski definition) is 2. The average Bonchev–Trinajstić information content (AvgIpc) is 3.10. The zero-order valence-electron chi connectivity index (χ0n) is 16.7. The lowest BCUT2D eigenvalue weighted by molar-refractivity contribution is -0.121. The highest BCUT2D eigenvalue weighted by molar-refractivity contribution is 5.74. The molecular weight excluding hydrogens is 350 g/mol. The van der Waals surface area contributed by atoms with Crippen LogP contribution >= 0.6 is 0 Å². The Balaban J connectivity index is 1.52. The third kappa shape index (κ3) is 3.77. The van der Waals surface area contributed by atoms with Gasteiger partial charge >= 0.3 is 0 Å². The van der Waals surface area contributed by atoms with Crippen LogP contribution in [0.25, 0.3) is 11.1 Å². The van der Waals surface area contributed by atoms with Crippen LogP contribution in [0.15, 0.2) is 48.5 Å². The summed E-state index contributed by atoms with van der Waals surface area (Å²) in [6, 6.07) is 16.9. The van der Waals surface area contributed by atoms with Crippen molar-refractivity contribution < 1.29 is 9.53 Å². The molecule has 0 saturated carbocycles. The van der Waals surface area contributed by atoms with E-state index in [2.05, 4.69) is 58.0 Å². The second kappa shape index (κ2) is 7.94. The number of nitrogens with zero attached hydrogens (tertiary/aromatic N) is 1. The van der Waals surface area contributed by atoms with Crippen LogP contribution in [0.5, 0.6) is 5.75 Å². The molecule has 2 N–H and O–H groups in total. The fourth-order valence-corrected chi connectivity index (χ4v) is 4.76. The van der Waals surface area contributed by atoms with Gasteiger partial charge in [-0.25, -0.2) is 0 Å². The molecule has 2 aromatic carbocycles. The maximum Gasteiger partial charge on any atom is 0.217 e. The van der Waals surface area contributed by atoms with Crippen molar-refractivity contribution in [3.8, 4) is 16.9 Å². The van der Waals surface area contributed by atoms with Crippen molar-refractivity contribution in [2.45, 2.75) is 25.4 Å². The molecule has 0 spiro atoms. The molecule has 0 unspecified atom stereocenters. The maximum atomic E-state index is 11.7. The first-order valence-corrected chi connectivity index (χ1v) is 10.0. The second-order valence-electron chi connectivity index (χ2n) is 8.04. The van der Waals surface area contributed by atoms with Crippen LogP contribution in [0, 0.1) is 5.92 Å². The Labute approximate surface area is 167 Å². The van der Waals surface area contributed by atoms with Crippen molar-refractivity contribution in [3.63, 3.8) is 0 Å². The van der Waals surface area contributed by atoms with E-state index in [9.17, 15) is 4.79 Å². The van der Waals surface area contributed by atoms with Gasteiger partial charge < -0.3 is 15.4 Å². The summed E-state index contributed by atoms with van der Waals surface area (Å²) in [4.78, 5) is 14.2. The normalized spacial score (nSPS) is 24.6. The van der Waals surface area contributed by atoms with Crippen LogP contribution in [-0.2, 0) is 11.3 Å². The predicted molar refractivity (Wildman–Crippen MR) is 111 cm³/mol. The molecule has 2 aliphatic rings. The highest BCUT2D eigenvalue weighted by atomic mass is 16.5. The Morgan fingerprint density at radius 2 is 2.07 bits per heavy atom. The lowest BCUT2D eigenvalue weighted by atomic mass is 9.80. The summed E-state index contributed by atoms with van der Waals surface area (Å²) in [5.74, 6) is 1.44. The molecule has 0 bridgehead atoms. The fourth-order valence-electron chi connectivity index (χ4n) is 4.76. The number of benzene rings is 2. The lowest BCUT2D eigenvalue weighted by Gasteiger charge is -2.44. The molecule has 4 rings (SSSR count). The minimum atomic E-state index is -0.0850. The van der Waals surface area contributed by atoms with E-state index < -0.39 is 0 Å². The Hall–Kier alpha value is -2.37. The van der Waals surface area contributed by atoms with Crippen molar-refractivity contribution in [1.82, 2.24) is 15.5 Å². The molecule has 2 heterocycles. The van der Waals surface area contributed by atoms with Crippen molar-refractivity contribution in [1.29, 1.82) is 0 Å². The molecule has 2 fully saturated rings. The van der Waals surface area contributed by atoms with E-state index in [0.29, 0.717) is 5.92 Å². The quantitative estimate of drug-likeness (QED) is 0.839. The van der Waals surface area contributed by atoms with Crippen molar-refractivity contribution in [2.75, 3.05) is 33.3 Å². The molecule has 5 heteroatoms. The number of rotatable bonds is 5. The number of fused-ring (bicyclic) bond motifs is 1. The Morgan fingerprint density at radius 1 is 1.25 bits per heavy atom. The highest BCUT2D eigenvalue weighted by Crippen LogP contribution is 2.34. The molecule has 5 nitrogen and oxygen atoms in total. The van der Waals surface area contributed by atoms with E-state index in [1.54, 1.807) is 14.0 Å². The third-order valence-corrected chi connectivity index (χ3v) is 6.17. The Morgan fingerprint density at radius 3 is 2.82 bits per heavy atom. The molecule has 0 aromatic heterocycles. The first-order valence-electron chi connectivity index (χ1n) is 10.0. The Bertz CT molecular complexity index is 839. The zero-order chi connectivity index (χ0) is 19.6. The summed E-state index contributed by atoms with van der Waals surface area (Å²) in [5.41, 5.74) is 3.55. The molecule has 148 valence electrons. The minimum Gasteiger partial charge on any atom is -0.496 e. The van der Waals surface area contributed by atoms with Crippen molar-refractivity contribution in [2.24, 2.45) is 5.92 Å². The zero-order valence-corrected chi connectivity index (χ0v) is 16.7. The van der Waals surface area contributed by atoms with Gasteiger partial charge in [0.15, 0.2) is 0 Å². The smallest absolute Gasteiger partial charge is 0.217 e. The van der Waals surface area contributed by atoms with E-state index in [1.807, 2.05) is 6.07 Å². The van der Waals surface area contributed by atoms with Crippen LogP contribution in [0.3, 0.4) is 0 Å². The number of carbonyl (C=O) groups excluding carboxylic acids is 1. The van der Waals surface area contributed by atoms with E-state index >= 15 is 0 Å². The van der Waals surface area contributed by atoms with Gasteiger partial charge in [0.2, 0.25) is 5.91 Å². The number of amides is 1. The fraction of sp³-hybridized carbons (Fsp3) is 0.435. The summed E-state index contributed by atoms with van der Waals surface area (Å²) in [7, 11) is 1.74. The number of carbonyl (C=O) groups is 1. The average molecular weight is 380 g/mol. The topological polar surface area (TPSA) is 53.6 Å². The van der Waals surface area contributed by atoms with Gasteiger partial charge in [-0.1, -0.05) is 36.4 Å². The van der Waals surface area contributed by atoms with E-state index in [4.69, 9.17) is 4.74 Å². The summed E-state index contributed by atoms with van der Waals surface area (Å²) in [6.07, 6.45) is 0.977. The number of piperidine rings is 1. The van der Waals surface area contributed by atoms with Gasteiger partial charge in [0.1, 0.15) is 5.75 Å². The number of methoxy groups -OCH3 is 1. The second-order valence-corrected chi connectivity index (χ2v) is 8.04. The predicted octanol–water partition coefficient (Wildman–Crippen LogP) is 2.66. The van der Waals surface area contributed by atoms with Gasteiger partial charge in [-0.05, 0) is 29.7 Å². The summed E-state index contributed by atoms with van der Waals surface area (Å²) < 4.78 is 5.64. The number of likely N-dealkylation sites (tertiary alicyclic amines) is 1. The molecule has 1 amide bonds. The van der Waals surface area contributed by atoms with Gasteiger partial charge in [-0.15, -0.1) is 0 Å².